The third-order valence-corrected chi connectivity index (χ3v) is 8.63. The molecule has 0 saturated heterocycles. The first kappa shape index (κ1) is 35.3. The molecule has 49 heavy (non-hydrogen) atoms. The second-order valence-corrected chi connectivity index (χ2v) is 12.0. The lowest BCUT2D eigenvalue weighted by atomic mass is 9.92. The van der Waals surface area contributed by atoms with Crippen LogP contribution in [-0.2, 0) is 28.5 Å². The number of nitrogens with two attached hydrogens (primary N) is 1. The smallest absolute Gasteiger partial charge is 0.315 e. The molecule has 2 aromatic heterocycles. The summed E-state index contributed by atoms with van der Waals surface area (Å²) in [6.45, 7) is -0.661. The van der Waals surface area contributed by atoms with Gasteiger partial charge in [-0.1, -0.05) is 12.1 Å². The topological polar surface area (TPSA) is 141 Å². The predicted octanol–water partition coefficient (Wildman–Crippen LogP) is 4.76. The van der Waals surface area contributed by atoms with E-state index in [2.05, 4.69) is 19.9 Å². The molecule has 3 N–H and O–H groups in total. The van der Waals surface area contributed by atoms with Gasteiger partial charge in [-0.05, 0) is 61.1 Å². The number of aromatic nitrogens is 4. The lowest BCUT2D eigenvalue weighted by Gasteiger charge is -2.15. The van der Waals surface area contributed by atoms with Crippen molar-refractivity contribution in [1.82, 2.24) is 25.3 Å². The molecule has 6 rings (SSSR count). The number of benzene rings is 2. The number of Topliss-reactive ketones (excluding diaryl/α,β-unsaturated/α-hetero) is 2. The van der Waals surface area contributed by atoms with Crippen molar-refractivity contribution in [1.29, 1.82) is 0 Å². The SMILES string of the molecule is NCC(=O)c1cnc(CC2(c3ccc(F)c(F)c3)CC2)nc1.O=C(CNC(=O)C(F)F)c1cnc(CC2(c3ccc(F)c(F)c3)CC2)nc1. The van der Waals surface area contributed by atoms with Crippen molar-refractivity contribution in [2.24, 2.45) is 5.73 Å². The molecule has 2 aromatic carbocycles. The van der Waals surface area contributed by atoms with Crippen LogP contribution in [0.15, 0.2) is 61.2 Å². The fourth-order valence-electron chi connectivity index (χ4n) is 5.34. The minimum absolute atomic E-state index is 0.0750. The summed E-state index contributed by atoms with van der Waals surface area (Å²) in [7, 11) is 0. The van der Waals surface area contributed by atoms with Gasteiger partial charge in [0.25, 0.3) is 5.91 Å². The Morgan fingerprint density at radius 1 is 0.673 bits per heavy atom. The summed E-state index contributed by atoms with van der Waals surface area (Å²) in [6.07, 6.45) is 6.48. The van der Waals surface area contributed by atoms with Crippen LogP contribution >= 0.6 is 0 Å². The zero-order valence-electron chi connectivity index (χ0n) is 25.9. The van der Waals surface area contributed by atoms with Gasteiger partial charge in [-0.25, -0.2) is 37.5 Å². The molecule has 2 aliphatic carbocycles. The number of rotatable bonds is 12. The minimum Gasteiger partial charge on any atom is -0.344 e. The first-order chi connectivity index (χ1) is 23.3. The Morgan fingerprint density at radius 3 is 1.43 bits per heavy atom. The number of alkyl halides is 2. The standard InChI is InChI=1S/C18H15F4N3O2.C16H15F2N3O/c19-12-2-1-11(5-13(12)20)18(3-4-18)6-15-23-7-10(8-24-15)14(26)9-25-17(27)16(21)22;17-12-2-1-11(5-13(12)18)16(3-4-16)6-15-20-8-10(9-21-15)14(22)7-19/h1-2,5,7-8,16H,3-4,6,9H2,(H,25,27);1-2,5,8-9H,3-4,6-7,19H2. The molecule has 0 radical (unpaired) electrons. The Hall–Kier alpha value is -5.05. The van der Waals surface area contributed by atoms with Crippen LogP contribution in [0.4, 0.5) is 26.3 Å². The van der Waals surface area contributed by atoms with Crippen molar-refractivity contribution in [2.75, 3.05) is 13.1 Å². The van der Waals surface area contributed by atoms with E-state index in [0.29, 0.717) is 35.6 Å². The number of carbonyl (C=O) groups excluding carboxylic acids is 3. The van der Waals surface area contributed by atoms with E-state index in [1.54, 1.807) is 6.07 Å². The van der Waals surface area contributed by atoms with Crippen molar-refractivity contribution < 1.29 is 40.7 Å². The van der Waals surface area contributed by atoms with Gasteiger partial charge < -0.3 is 11.1 Å². The molecule has 4 aromatic rings. The number of halogens is 6. The Kier molecular flexibility index (Phi) is 10.5. The van der Waals surface area contributed by atoms with Gasteiger partial charge >= 0.3 is 6.43 Å². The zero-order valence-corrected chi connectivity index (χ0v) is 25.9. The lowest BCUT2D eigenvalue weighted by molar-refractivity contribution is -0.131. The summed E-state index contributed by atoms with van der Waals surface area (Å²) in [6, 6.07) is 7.79. The van der Waals surface area contributed by atoms with Gasteiger partial charge in [0.15, 0.2) is 34.8 Å². The maximum absolute atomic E-state index is 13.5. The Morgan fingerprint density at radius 2 is 1.08 bits per heavy atom. The number of ketones is 2. The zero-order chi connectivity index (χ0) is 35.3. The quantitative estimate of drug-likeness (QED) is 0.161. The summed E-state index contributed by atoms with van der Waals surface area (Å²) < 4.78 is 77.2. The summed E-state index contributed by atoms with van der Waals surface area (Å²) in [5.41, 5.74) is 6.58. The highest BCUT2D eigenvalue weighted by Gasteiger charge is 2.46. The molecule has 15 heteroatoms. The lowest BCUT2D eigenvalue weighted by Crippen LogP contribution is -2.34. The maximum atomic E-state index is 13.5. The number of hydrogen-bond donors (Lipinski definition) is 2. The maximum Gasteiger partial charge on any atom is 0.315 e. The van der Waals surface area contributed by atoms with Crippen molar-refractivity contribution in [2.45, 2.75) is 55.8 Å². The van der Waals surface area contributed by atoms with Crippen LogP contribution < -0.4 is 11.1 Å². The first-order valence-corrected chi connectivity index (χ1v) is 15.2. The van der Waals surface area contributed by atoms with Crippen molar-refractivity contribution in [3.8, 4) is 0 Å². The first-order valence-electron chi connectivity index (χ1n) is 15.2. The molecule has 0 bridgehead atoms. The molecule has 2 aliphatic rings. The molecule has 256 valence electrons. The van der Waals surface area contributed by atoms with Crippen LogP contribution in [-0.4, -0.2) is 56.9 Å². The van der Waals surface area contributed by atoms with E-state index in [9.17, 15) is 40.7 Å². The van der Waals surface area contributed by atoms with E-state index in [-0.39, 0.29) is 28.7 Å². The van der Waals surface area contributed by atoms with E-state index in [0.717, 1.165) is 43.4 Å². The van der Waals surface area contributed by atoms with E-state index in [1.165, 1.54) is 43.0 Å². The second-order valence-electron chi connectivity index (χ2n) is 12.0. The van der Waals surface area contributed by atoms with E-state index >= 15 is 0 Å². The second kappa shape index (κ2) is 14.6. The van der Waals surface area contributed by atoms with Gasteiger partial charge in [0, 0.05) is 48.5 Å². The van der Waals surface area contributed by atoms with Crippen LogP contribution in [0.1, 0.15) is 69.2 Å². The third kappa shape index (κ3) is 8.52. The molecule has 0 unspecified atom stereocenters. The van der Waals surface area contributed by atoms with Crippen LogP contribution in [0.2, 0.25) is 0 Å². The average molecular weight is 685 g/mol. The van der Waals surface area contributed by atoms with Crippen LogP contribution in [0, 0.1) is 23.3 Å². The molecule has 0 atom stereocenters. The monoisotopic (exact) mass is 684 g/mol. The number of nitrogens with zero attached hydrogens (tertiary/aromatic N) is 4. The normalized spacial score (nSPS) is 15.2. The molecule has 9 nitrogen and oxygen atoms in total. The van der Waals surface area contributed by atoms with Gasteiger partial charge in [0.1, 0.15) is 11.6 Å². The average Bonchev–Trinajstić information content (AvgIpc) is 4.04. The Balaban J connectivity index is 0.000000195. The number of amides is 1. The molecule has 1 amide bonds. The summed E-state index contributed by atoms with van der Waals surface area (Å²) in [5, 5.41) is 1.81. The molecule has 0 aliphatic heterocycles. The minimum atomic E-state index is -3.19. The molecular weight excluding hydrogens is 654 g/mol. The van der Waals surface area contributed by atoms with Crippen LogP contribution in [0.25, 0.3) is 0 Å². The molecule has 0 spiro atoms. The fourth-order valence-corrected chi connectivity index (χ4v) is 5.34. The third-order valence-electron chi connectivity index (χ3n) is 8.63. The number of nitrogens with one attached hydrogen (secondary N) is 1. The van der Waals surface area contributed by atoms with Crippen molar-refractivity contribution >= 4 is 17.5 Å². The molecule has 2 heterocycles. The van der Waals surface area contributed by atoms with Crippen LogP contribution in [0.5, 0.6) is 0 Å². The van der Waals surface area contributed by atoms with Gasteiger partial charge in [-0.2, -0.15) is 8.78 Å². The highest BCUT2D eigenvalue weighted by Crippen LogP contribution is 2.51. The molecular formula is C34H30F6N6O3. The molecule has 2 fully saturated rings. The van der Waals surface area contributed by atoms with Gasteiger partial charge in [0.05, 0.1) is 24.2 Å². The van der Waals surface area contributed by atoms with Crippen LogP contribution in [0.3, 0.4) is 0 Å². The largest absolute Gasteiger partial charge is 0.344 e. The highest BCUT2D eigenvalue weighted by molar-refractivity contribution is 5.99. The molecule has 2 saturated carbocycles. The Bertz CT molecular complexity index is 1850. The summed E-state index contributed by atoms with van der Waals surface area (Å²) >= 11 is 0. The highest BCUT2D eigenvalue weighted by atomic mass is 19.3. The van der Waals surface area contributed by atoms with E-state index in [1.807, 2.05) is 5.32 Å². The van der Waals surface area contributed by atoms with Crippen molar-refractivity contribution in [3.63, 3.8) is 0 Å². The van der Waals surface area contributed by atoms with Gasteiger partial charge in [-0.3, -0.25) is 14.4 Å². The summed E-state index contributed by atoms with van der Waals surface area (Å²) in [5.74, 6) is -4.84. The number of carbonyl (C=O) groups is 3. The number of hydrogen-bond acceptors (Lipinski definition) is 8. The van der Waals surface area contributed by atoms with Gasteiger partial charge in [0.2, 0.25) is 0 Å². The Labute approximate surface area is 276 Å². The predicted molar refractivity (Wildman–Crippen MR) is 163 cm³/mol. The van der Waals surface area contributed by atoms with Crippen molar-refractivity contribution in [3.05, 3.63) is 118 Å². The summed E-state index contributed by atoms with van der Waals surface area (Å²) in [4.78, 5) is 50.6. The van der Waals surface area contributed by atoms with E-state index in [4.69, 9.17) is 5.73 Å². The fraction of sp³-hybridized carbons (Fsp3) is 0.324. The van der Waals surface area contributed by atoms with E-state index < -0.39 is 47.9 Å². The van der Waals surface area contributed by atoms with Gasteiger partial charge in [-0.15, -0.1) is 0 Å².